The topological polar surface area (TPSA) is 68.0 Å². The highest BCUT2D eigenvalue weighted by Gasteiger charge is 2.10. The molecule has 0 aliphatic carbocycles. The molecule has 0 saturated heterocycles. The highest BCUT2D eigenvalue weighted by molar-refractivity contribution is 5.91. The Balaban J connectivity index is 2.60. The van der Waals surface area contributed by atoms with Gasteiger partial charge >= 0.3 is 0 Å². The van der Waals surface area contributed by atoms with E-state index in [1.807, 2.05) is 13.0 Å². The predicted molar refractivity (Wildman–Crippen MR) is 55.8 cm³/mol. The molecule has 14 heavy (non-hydrogen) atoms. The molecule has 0 spiro atoms. The van der Waals surface area contributed by atoms with Crippen LogP contribution in [-0.2, 0) is 4.79 Å². The smallest absolute Gasteiger partial charge is 0.229 e. The van der Waals surface area contributed by atoms with Gasteiger partial charge in [-0.3, -0.25) is 4.79 Å². The van der Waals surface area contributed by atoms with Crippen LogP contribution >= 0.6 is 0 Å². The Labute approximate surface area is 83.5 Å². The zero-order chi connectivity index (χ0) is 10.6. The standard InChI is InChI=1S/C10H15N3O/c1-7-3-4-9(12-6-7)13-10(14)8(2)5-11/h3-4,6,8H,5,11H2,1-2H3,(H,12,13,14). The number of amides is 1. The van der Waals surface area contributed by atoms with E-state index in [1.54, 1.807) is 19.2 Å². The molecule has 1 unspecified atom stereocenters. The number of aryl methyl sites for hydroxylation is 1. The van der Waals surface area contributed by atoms with Crippen LogP contribution in [0.5, 0.6) is 0 Å². The molecule has 0 aliphatic heterocycles. The summed E-state index contributed by atoms with van der Waals surface area (Å²) in [5.41, 5.74) is 6.43. The number of rotatable bonds is 3. The summed E-state index contributed by atoms with van der Waals surface area (Å²) in [6.07, 6.45) is 1.71. The molecule has 0 bridgehead atoms. The van der Waals surface area contributed by atoms with Crippen LogP contribution < -0.4 is 11.1 Å². The SMILES string of the molecule is Cc1ccc(NC(=O)C(C)CN)nc1. The molecule has 4 nitrogen and oxygen atoms in total. The van der Waals surface area contributed by atoms with Crippen molar-refractivity contribution in [1.29, 1.82) is 0 Å². The van der Waals surface area contributed by atoms with Crippen LogP contribution in [0.2, 0.25) is 0 Å². The van der Waals surface area contributed by atoms with Gasteiger partial charge in [-0.2, -0.15) is 0 Å². The Morgan fingerprint density at radius 3 is 2.86 bits per heavy atom. The third-order valence-corrected chi connectivity index (χ3v) is 1.96. The minimum Gasteiger partial charge on any atom is -0.330 e. The molecule has 1 atom stereocenters. The molecule has 0 fully saturated rings. The quantitative estimate of drug-likeness (QED) is 0.750. The Morgan fingerprint density at radius 2 is 2.36 bits per heavy atom. The van der Waals surface area contributed by atoms with Crippen LogP contribution in [0.25, 0.3) is 0 Å². The third-order valence-electron chi connectivity index (χ3n) is 1.96. The van der Waals surface area contributed by atoms with Gasteiger partial charge in [-0.05, 0) is 18.6 Å². The normalized spacial score (nSPS) is 12.2. The van der Waals surface area contributed by atoms with E-state index in [0.717, 1.165) is 5.56 Å². The molecule has 0 radical (unpaired) electrons. The molecule has 1 amide bonds. The van der Waals surface area contributed by atoms with Crippen LogP contribution in [0.1, 0.15) is 12.5 Å². The lowest BCUT2D eigenvalue weighted by Gasteiger charge is -2.08. The Kier molecular flexibility index (Phi) is 3.59. The number of hydrogen-bond donors (Lipinski definition) is 2. The first-order valence-electron chi connectivity index (χ1n) is 4.57. The number of nitrogens with two attached hydrogens (primary N) is 1. The molecular formula is C10H15N3O. The van der Waals surface area contributed by atoms with Crippen molar-refractivity contribution >= 4 is 11.7 Å². The number of carbonyl (C=O) groups excluding carboxylic acids is 1. The largest absolute Gasteiger partial charge is 0.330 e. The Hall–Kier alpha value is -1.42. The summed E-state index contributed by atoms with van der Waals surface area (Å²) < 4.78 is 0. The lowest BCUT2D eigenvalue weighted by molar-refractivity contribution is -0.119. The number of carbonyl (C=O) groups is 1. The van der Waals surface area contributed by atoms with Crippen molar-refractivity contribution in [2.45, 2.75) is 13.8 Å². The first-order chi connectivity index (χ1) is 6.63. The van der Waals surface area contributed by atoms with Crippen LogP contribution in [0.3, 0.4) is 0 Å². The monoisotopic (exact) mass is 193 g/mol. The zero-order valence-electron chi connectivity index (χ0n) is 8.45. The van der Waals surface area contributed by atoms with Gasteiger partial charge in [0.15, 0.2) is 0 Å². The van der Waals surface area contributed by atoms with Crippen molar-refractivity contribution in [2.75, 3.05) is 11.9 Å². The molecule has 1 rings (SSSR count). The maximum absolute atomic E-state index is 11.4. The van der Waals surface area contributed by atoms with E-state index in [-0.39, 0.29) is 11.8 Å². The van der Waals surface area contributed by atoms with Gasteiger partial charge in [-0.1, -0.05) is 13.0 Å². The van der Waals surface area contributed by atoms with Crippen LogP contribution in [0.4, 0.5) is 5.82 Å². The summed E-state index contributed by atoms with van der Waals surface area (Å²) in [4.78, 5) is 15.5. The highest BCUT2D eigenvalue weighted by Crippen LogP contribution is 2.05. The maximum atomic E-state index is 11.4. The average molecular weight is 193 g/mol. The summed E-state index contributed by atoms with van der Waals surface area (Å²) in [5, 5.41) is 2.69. The van der Waals surface area contributed by atoms with E-state index in [2.05, 4.69) is 10.3 Å². The van der Waals surface area contributed by atoms with Crippen molar-refractivity contribution in [2.24, 2.45) is 11.7 Å². The fourth-order valence-corrected chi connectivity index (χ4v) is 0.898. The lowest BCUT2D eigenvalue weighted by Crippen LogP contribution is -2.26. The molecule has 3 N–H and O–H groups in total. The van der Waals surface area contributed by atoms with Gasteiger partial charge in [0.25, 0.3) is 0 Å². The maximum Gasteiger partial charge on any atom is 0.229 e. The van der Waals surface area contributed by atoms with E-state index in [0.29, 0.717) is 12.4 Å². The molecule has 1 aromatic heterocycles. The summed E-state index contributed by atoms with van der Waals surface area (Å²) >= 11 is 0. The van der Waals surface area contributed by atoms with E-state index < -0.39 is 0 Å². The number of hydrogen-bond acceptors (Lipinski definition) is 3. The highest BCUT2D eigenvalue weighted by atomic mass is 16.1. The zero-order valence-corrected chi connectivity index (χ0v) is 8.45. The number of anilines is 1. The van der Waals surface area contributed by atoms with Crippen molar-refractivity contribution in [1.82, 2.24) is 4.98 Å². The van der Waals surface area contributed by atoms with Crippen LogP contribution in [-0.4, -0.2) is 17.4 Å². The third kappa shape index (κ3) is 2.81. The number of nitrogens with zero attached hydrogens (tertiary/aromatic N) is 1. The van der Waals surface area contributed by atoms with Gasteiger partial charge in [0, 0.05) is 18.7 Å². The second kappa shape index (κ2) is 4.72. The van der Waals surface area contributed by atoms with Crippen LogP contribution in [0, 0.1) is 12.8 Å². The van der Waals surface area contributed by atoms with E-state index in [9.17, 15) is 4.79 Å². The summed E-state index contributed by atoms with van der Waals surface area (Å²) in [6.45, 7) is 4.07. The van der Waals surface area contributed by atoms with Gasteiger partial charge in [-0.25, -0.2) is 4.98 Å². The summed E-state index contributed by atoms with van der Waals surface area (Å²) in [6, 6.07) is 3.67. The second-order valence-electron chi connectivity index (χ2n) is 3.35. The van der Waals surface area contributed by atoms with Crippen LogP contribution in [0.15, 0.2) is 18.3 Å². The average Bonchev–Trinajstić information content (AvgIpc) is 2.20. The first-order valence-corrected chi connectivity index (χ1v) is 4.57. The second-order valence-corrected chi connectivity index (χ2v) is 3.35. The van der Waals surface area contributed by atoms with Crippen molar-refractivity contribution < 1.29 is 4.79 Å². The fraction of sp³-hybridized carbons (Fsp3) is 0.400. The number of aromatic nitrogens is 1. The van der Waals surface area contributed by atoms with E-state index >= 15 is 0 Å². The fourth-order valence-electron chi connectivity index (χ4n) is 0.898. The van der Waals surface area contributed by atoms with Gasteiger partial charge in [-0.15, -0.1) is 0 Å². The summed E-state index contributed by atoms with van der Waals surface area (Å²) in [5.74, 6) is 0.294. The molecular weight excluding hydrogens is 178 g/mol. The minimum absolute atomic E-state index is 0.0937. The minimum atomic E-state index is -0.182. The van der Waals surface area contributed by atoms with Gasteiger partial charge in [0.2, 0.25) is 5.91 Å². The number of pyridine rings is 1. The molecule has 76 valence electrons. The predicted octanol–water partition coefficient (Wildman–Crippen LogP) is 0.923. The van der Waals surface area contributed by atoms with Gasteiger partial charge in [0.1, 0.15) is 5.82 Å². The Morgan fingerprint density at radius 1 is 1.64 bits per heavy atom. The summed E-state index contributed by atoms with van der Waals surface area (Å²) in [7, 11) is 0. The number of nitrogens with one attached hydrogen (secondary N) is 1. The molecule has 0 saturated carbocycles. The van der Waals surface area contributed by atoms with E-state index in [1.165, 1.54) is 0 Å². The first kappa shape index (κ1) is 10.7. The van der Waals surface area contributed by atoms with Crippen molar-refractivity contribution in [3.05, 3.63) is 23.9 Å². The lowest BCUT2D eigenvalue weighted by atomic mass is 10.2. The molecule has 0 aliphatic rings. The van der Waals surface area contributed by atoms with E-state index in [4.69, 9.17) is 5.73 Å². The van der Waals surface area contributed by atoms with Gasteiger partial charge < -0.3 is 11.1 Å². The van der Waals surface area contributed by atoms with Crippen molar-refractivity contribution in [3.63, 3.8) is 0 Å². The Bertz CT molecular complexity index is 308. The molecule has 0 aromatic carbocycles. The molecule has 1 aromatic rings. The molecule has 4 heteroatoms. The van der Waals surface area contributed by atoms with Gasteiger partial charge in [0.05, 0.1) is 0 Å². The molecule has 1 heterocycles. The van der Waals surface area contributed by atoms with Crippen molar-refractivity contribution in [3.8, 4) is 0 Å².